The van der Waals surface area contributed by atoms with Crippen LogP contribution in [0.5, 0.6) is 0 Å². The van der Waals surface area contributed by atoms with E-state index in [2.05, 4.69) is 0 Å². The number of nitrogens with one attached hydrogen (secondary N) is 1. The average Bonchev–Trinajstić information content (AvgIpc) is 2.42. The standard InChI is InChI=1S/C8H13NO4/c10-6-3-5(4-7(6)11)1-2-8(12)9-13/h1-2,5-7,10-11,13H,3-4H2,(H,9,12)/b2-1+/t5?,6-,7+. The van der Waals surface area contributed by atoms with E-state index in [1.165, 1.54) is 11.6 Å². The Morgan fingerprint density at radius 1 is 1.31 bits per heavy atom. The van der Waals surface area contributed by atoms with Crippen LogP contribution in [0.15, 0.2) is 12.2 Å². The number of carbonyl (C=O) groups is 1. The van der Waals surface area contributed by atoms with Crippen LogP contribution in [0.4, 0.5) is 0 Å². The molecule has 1 fully saturated rings. The monoisotopic (exact) mass is 187 g/mol. The van der Waals surface area contributed by atoms with Gasteiger partial charge >= 0.3 is 0 Å². The summed E-state index contributed by atoms with van der Waals surface area (Å²) in [4.78, 5) is 10.6. The summed E-state index contributed by atoms with van der Waals surface area (Å²) >= 11 is 0. The van der Waals surface area contributed by atoms with Crippen molar-refractivity contribution in [1.82, 2.24) is 5.48 Å². The number of hydroxylamine groups is 1. The largest absolute Gasteiger partial charge is 0.390 e. The summed E-state index contributed by atoms with van der Waals surface area (Å²) in [6.07, 6.45) is 2.27. The smallest absolute Gasteiger partial charge is 0.267 e. The second kappa shape index (κ2) is 4.36. The van der Waals surface area contributed by atoms with Gasteiger partial charge in [-0.25, -0.2) is 5.48 Å². The highest BCUT2D eigenvalue weighted by atomic mass is 16.5. The van der Waals surface area contributed by atoms with Crippen LogP contribution in [0.1, 0.15) is 12.8 Å². The van der Waals surface area contributed by atoms with Gasteiger partial charge in [0.2, 0.25) is 0 Å². The molecule has 1 saturated carbocycles. The van der Waals surface area contributed by atoms with Gasteiger partial charge in [-0.1, -0.05) is 6.08 Å². The normalized spacial score (nSPS) is 33.9. The Morgan fingerprint density at radius 2 is 1.85 bits per heavy atom. The van der Waals surface area contributed by atoms with Crippen LogP contribution < -0.4 is 5.48 Å². The number of aliphatic hydroxyl groups is 2. The summed E-state index contributed by atoms with van der Waals surface area (Å²) in [5.74, 6) is -0.599. The number of aliphatic hydroxyl groups excluding tert-OH is 2. The van der Waals surface area contributed by atoms with E-state index >= 15 is 0 Å². The first kappa shape index (κ1) is 10.2. The fourth-order valence-electron chi connectivity index (χ4n) is 1.45. The zero-order valence-corrected chi connectivity index (χ0v) is 7.05. The van der Waals surface area contributed by atoms with Gasteiger partial charge in [-0.3, -0.25) is 10.0 Å². The van der Waals surface area contributed by atoms with Gasteiger partial charge < -0.3 is 10.2 Å². The quantitative estimate of drug-likeness (QED) is 0.258. The van der Waals surface area contributed by atoms with Crippen LogP contribution in [-0.4, -0.2) is 33.5 Å². The van der Waals surface area contributed by atoms with E-state index in [9.17, 15) is 4.79 Å². The minimum Gasteiger partial charge on any atom is -0.390 e. The van der Waals surface area contributed by atoms with Crippen LogP contribution in [0.25, 0.3) is 0 Å². The van der Waals surface area contributed by atoms with Crippen LogP contribution in [-0.2, 0) is 4.79 Å². The molecule has 3 atom stereocenters. The number of hydrogen-bond donors (Lipinski definition) is 4. The molecule has 0 bridgehead atoms. The minimum absolute atomic E-state index is 0.00213. The van der Waals surface area contributed by atoms with E-state index in [1.54, 1.807) is 6.08 Å². The van der Waals surface area contributed by atoms with Gasteiger partial charge in [0.25, 0.3) is 5.91 Å². The third-order valence-corrected chi connectivity index (χ3v) is 2.16. The Balaban J connectivity index is 2.39. The Labute approximate surface area is 75.6 Å². The molecule has 13 heavy (non-hydrogen) atoms. The first-order valence-corrected chi connectivity index (χ1v) is 4.12. The van der Waals surface area contributed by atoms with Gasteiger partial charge in [0, 0.05) is 6.08 Å². The second-order valence-electron chi connectivity index (χ2n) is 3.20. The van der Waals surface area contributed by atoms with Crippen molar-refractivity contribution < 1.29 is 20.2 Å². The molecule has 0 aromatic heterocycles. The molecule has 4 N–H and O–H groups in total. The number of carbonyl (C=O) groups excluding carboxylic acids is 1. The maximum Gasteiger partial charge on any atom is 0.267 e. The fourth-order valence-corrected chi connectivity index (χ4v) is 1.45. The first-order chi connectivity index (χ1) is 6.13. The summed E-state index contributed by atoms with van der Waals surface area (Å²) < 4.78 is 0. The van der Waals surface area contributed by atoms with Crippen molar-refractivity contribution in [3.05, 3.63) is 12.2 Å². The molecule has 1 rings (SSSR count). The van der Waals surface area contributed by atoms with Crippen molar-refractivity contribution in [3.63, 3.8) is 0 Å². The van der Waals surface area contributed by atoms with E-state index < -0.39 is 18.1 Å². The summed E-state index contributed by atoms with van der Waals surface area (Å²) in [5, 5.41) is 26.5. The van der Waals surface area contributed by atoms with Crippen LogP contribution >= 0.6 is 0 Å². The minimum atomic E-state index is -0.702. The predicted molar refractivity (Wildman–Crippen MR) is 43.8 cm³/mol. The van der Waals surface area contributed by atoms with E-state index in [4.69, 9.17) is 15.4 Å². The highest BCUT2D eigenvalue weighted by Gasteiger charge is 2.29. The Hall–Kier alpha value is -0.910. The Kier molecular flexibility index (Phi) is 3.41. The van der Waals surface area contributed by atoms with Gasteiger partial charge in [0.1, 0.15) is 0 Å². The summed E-state index contributed by atoms with van der Waals surface area (Å²) in [6.45, 7) is 0. The molecule has 0 saturated heterocycles. The maximum absolute atomic E-state index is 10.6. The SMILES string of the molecule is O=C(/C=C/C1C[C@@H](O)[C@@H](O)C1)NO. The third-order valence-electron chi connectivity index (χ3n) is 2.16. The number of allylic oxidation sites excluding steroid dienone is 1. The van der Waals surface area contributed by atoms with Crippen molar-refractivity contribution in [2.45, 2.75) is 25.0 Å². The van der Waals surface area contributed by atoms with Crippen LogP contribution in [0, 0.1) is 5.92 Å². The average molecular weight is 187 g/mol. The summed E-state index contributed by atoms with van der Waals surface area (Å²) in [5.41, 5.74) is 1.46. The van der Waals surface area contributed by atoms with E-state index in [-0.39, 0.29) is 5.92 Å². The van der Waals surface area contributed by atoms with Crippen molar-refractivity contribution in [1.29, 1.82) is 0 Å². The van der Waals surface area contributed by atoms with Gasteiger partial charge in [0.05, 0.1) is 12.2 Å². The lowest BCUT2D eigenvalue weighted by Gasteiger charge is -2.03. The lowest BCUT2D eigenvalue weighted by atomic mass is 10.1. The summed E-state index contributed by atoms with van der Waals surface area (Å²) in [7, 11) is 0. The molecular formula is C8H13NO4. The van der Waals surface area contributed by atoms with Crippen molar-refractivity contribution >= 4 is 5.91 Å². The first-order valence-electron chi connectivity index (χ1n) is 4.12. The predicted octanol–water partition coefficient (Wildman–Crippen LogP) is -0.820. The highest BCUT2D eigenvalue weighted by Crippen LogP contribution is 2.26. The molecule has 0 spiro atoms. The lowest BCUT2D eigenvalue weighted by Crippen LogP contribution is -2.17. The fraction of sp³-hybridized carbons (Fsp3) is 0.625. The molecule has 0 aliphatic heterocycles. The Bertz CT molecular complexity index is 206. The van der Waals surface area contributed by atoms with E-state index in [0.717, 1.165) is 0 Å². The van der Waals surface area contributed by atoms with Gasteiger partial charge in [-0.2, -0.15) is 0 Å². The molecule has 1 aliphatic rings. The number of rotatable bonds is 2. The van der Waals surface area contributed by atoms with Gasteiger partial charge in [-0.05, 0) is 18.8 Å². The van der Waals surface area contributed by atoms with Crippen LogP contribution in [0.3, 0.4) is 0 Å². The Morgan fingerprint density at radius 3 is 2.31 bits per heavy atom. The molecule has 0 radical (unpaired) electrons. The highest BCUT2D eigenvalue weighted by molar-refractivity contribution is 5.86. The lowest BCUT2D eigenvalue weighted by molar-refractivity contribution is -0.124. The van der Waals surface area contributed by atoms with Gasteiger partial charge in [0.15, 0.2) is 0 Å². The molecular weight excluding hydrogens is 174 g/mol. The van der Waals surface area contributed by atoms with Crippen LogP contribution in [0.2, 0.25) is 0 Å². The number of hydrogen-bond acceptors (Lipinski definition) is 4. The molecule has 0 heterocycles. The molecule has 1 unspecified atom stereocenters. The summed E-state index contributed by atoms with van der Waals surface area (Å²) in [6, 6.07) is 0. The van der Waals surface area contributed by atoms with E-state index in [1.807, 2.05) is 0 Å². The van der Waals surface area contributed by atoms with Gasteiger partial charge in [-0.15, -0.1) is 0 Å². The third kappa shape index (κ3) is 2.80. The zero-order valence-electron chi connectivity index (χ0n) is 7.05. The molecule has 74 valence electrons. The number of amides is 1. The van der Waals surface area contributed by atoms with Crippen molar-refractivity contribution in [3.8, 4) is 0 Å². The van der Waals surface area contributed by atoms with Crippen molar-refractivity contribution in [2.75, 3.05) is 0 Å². The maximum atomic E-state index is 10.6. The van der Waals surface area contributed by atoms with Crippen molar-refractivity contribution in [2.24, 2.45) is 5.92 Å². The topological polar surface area (TPSA) is 89.8 Å². The second-order valence-corrected chi connectivity index (χ2v) is 3.20. The zero-order chi connectivity index (χ0) is 9.84. The molecule has 1 amide bonds. The van der Waals surface area contributed by atoms with E-state index in [0.29, 0.717) is 12.8 Å². The molecule has 0 aromatic carbocycles. The molecule has 1 aliphatic carbocycles. The molecule has 0 aromatic rings. The molecule has 5 heteroatoms. The molecule has 5 nitrogen and oxygen atoms in total.